The van der Waals surface area contributed by atoms with Crippen molar-refractivity contribution in [1.82, 2.24) is 4.90 Å². The van der Waals surface area contributed by atoms with Crippen molar-refractivity contribution in [3.05, 3.63) is 71.3 Å². The maximum atomic E-state index is 12.6. The van der Waals surface area contributed by atoms with E-state index in [0.29, 0.717) is 18.4 Å². The zero-order chi connectivity index (χ0) is 22.2. The van der Waals surface area contributed by atoms with Crippen molar-refractivity contribution >= 4 is 23.6 Å². The Morgan fingerprint density at radius 1 is 0.906 bits per heavy atom. The molecule has 5 rings (SSSR count). The molecule has 3 aliphatic rings. The van der Waals surface area contributed by atoms with E-state index in [1.54, 1.807) is 6.07 Å². The van der Waals surface area contributed by atoms with Gasteiger partial charge in [-0.1, -0.05) is 48.6 Å². The van der Waals surface area contributed by atoms with E-state index in [1.807, 2.05) is 42.5 Å². The summed E-state index contributed by atoms with van der Waals surface area (Å²) in [5.41, 5.74) is 5.08. The number of hydrogen-bond acceptors (Lipinski definition) is 5. The van der Waals surface area contributed by atoms with Crippen LogP contribution in [0.3, 0.4) is 0 Å². The topological polar surface area (TPSA) is 80.8 Å². The Morgan fingerprint density at radius 3 is 2.34 bits per heavy atom. The molecular formula is C26H23NO5. The van der Waals surface area contributed by atoms with Gasteiger partial charge < -0.3 is 4.74 Å². The Kier molecular flexibility index (Phi) is 5.21. The summed E-state index contributed by atoms with van der Waals surface area (Å²) >= 11 is 0. The lowest BCUT2D eigenvalue weighted by Crippen LogP contribution is -2.33. The van der Waals surface area contributed by atoms with Gasteiger partial charge >= 0.3 is 5.97 Å². The predicted molar refractivity (Wildman–Crippen MR) is 117 cm³/mol. The number of ketones is 1. The fourth-order valence-corrected chi connectivity index (χ4v) is 4.89. The van der Waals surface area contributed by atoms with Gasteiger partial charge in [0, 0.05) is 12.1 Å². The lowest BCUT2D eigenvalue weighted by molar-refractivity contribution is -0.145. The number of rotatable bonds is 6. The fourth-order valence-electron chi connectivity index (χ4n) is 4.89. The van der Waals surface area contributed by atoms with E-state index in [2.05, 4.69) is 6.07 Å². The van der Waals surface area contributed by atoms with Crippen LogP contribution >= 0.6 is 0 Å². The number of Topliss-reactive ketones (excluding diaryl/α,β-unsaturated/α-hetero) is 1. The van der Waals surface area contributed by atoms with E-state index in [9.17, 15) is 19.2 Å². The number of imide groups is 1. The van der Waals surface area contributed by atoms with Crippen LogP contribution in [0.15, 0.2) is 54.6 Å². The molecule has 2 amide bonds. The third-order valence-electron chi connectivity index (χ3n) is 6.62. The number of ether oxygens (including phenoxy) is 1. The van der Waals surface area contributed by atoms with Gasteiger partial charge in [-0.3, -0.25) is 24.1 Å². The summed E-state index contributed by atoms with van der Waals surface area (Å²) in [5, 5.41) is 0. The first kappa shape index (κ1) is 20.4. The minimum Gasteiger partial charge on any atom is -0.457 e. The number of hydrogen-bond donors (Lipinski definition) is 0. The van der Waals surface area contributed by atoms with Crippen LogP contribution in [0.25, 0.3) is 11.1 Å². The molecule has 0 unspecified atom stereocenters. The summed E-state index contributed by atoms with van der Waals surface area (Å²) in [6, 6.07) is 13.7. The highest BCUT2D eigenvalue weighted by atomic mass is 16.5. The zero-order valence-corrected chi connectivity index (χ0v) is 17.6. The van der Waals surface area contributed by atoms with Gasteiger partial charge in [-0.05, 0) is 47.6 Å². The smallest absolute Gasteiger partial charge is 0.308 e. The molecule has 2 atom stereocenters. The van der Waals surface area contributed by atoms with Crippen molar-refractivity contribution in [3.8, 4) is 11.1 Å². The van der Waals surface area contributed by atoms with Gasteiger partial charge in [0.05, 0.1) is 18.3 Å². The Hall–Kier alpha value is -3.54. The normalized spacial score (nSPS) is 20.7. The number of nitrogens with zero attached hydrogens (tertiary/aromatic N) is 1. The highest BCUT2D eigenvalue weighted by Crippen LogP contribution is 2.37. The van der Waals surface area contributed by atoms with E-state index < -0.39 is 5.97 Å². The summed E-state index contributed by atoms with van der Waals surface area (Å²) < 4.78 is 5.15. The molecule has 1 fully saturated rings. The monoisotopic (exact) mass is 429 g/mol. The maximum Gasteiger partial charge on any atom is 0.308 e. The minimum atomic E-state index is -0.599. The molecule has 32 heavy (non-hydrogen) atoms. The van der Waals surface area contributed by atoms with Gasteiger partial charge in [-0.25, -0.2) is 0 Å². The molecule has 0 aromatic heterocycles. The fraction of sp³-hybridized carbons (Fsp3) is 0.308. The summed E-state index contributed by atoms with van der Waals surface area (Å²) in [7, 11) is 0. The Bertz CT molecular complexity index is 1140. The predicted octanol–water partition coefficient (Wildman–Crippen LogP) is 3.33. The quantitative estimate of drug-likeness (QED) is 0.260. The highest BCUT2D eigenvalue weighted by Gasteiger charge is 2.46. The van der Waals surface area contributed by atoms with Crippen molar-refractivity contribution in [3.63, 3.8) is 0 Å². The van der Waals surface area contributed by atoms with Gasteiger partial charge in [0.25, 0.3) is 0 Å². The van der Waals surface area contributed by atoms with Crippen molar-refractivity contribution < 1.29 is 23.9 Å². The number of esters is 1. The number of likely N-dealkylation sites (tertiary alicyclic amines) is 1. The number of carbonyl (C=O) groups excluding carboxylic acids is 4. The van der Waals surface area contributed by atoms with Crippen LogP contribution in [-0.4, -0.2) is 41.6 Å². The van der Waals surface area contributed by atoms with Crippen molar-refractivity contribution in [2.75, 3.05) is 13.2 Å². The summed E-state index contributed by atoms with van der Waals surface area (Å²) in [5.74, 6) is -1.93. The molecular weight excluding hydrogens is 406 g/mol. The lowest BCUT2D eigenvalue weighted by Gasteiger charge is -2.14. The Morgan fingerprint density at radius 2 is 1.59 bits per heavy atom. The molecule has 1 heterocycles. The van der Waals surface area contributed by atoms with E-state index in [-0.39, 0.29) is 49.0 Å². The van der Waals surface area contributed by atoms with Crippen LogP contribution in [0.1, 0.15) is 40.7 Å². The Labute approximate surface area is 185 Å². The van der Waals surface area contributed by atoms with Crippen LogP contribution in [0.5, 0.6) is 0 Å². The van der Waals surface area contributed by atoms with Crippen LogP contribution in [0, 0.1) is 11.8 Å². The van der Waals surface area contributed by atoms with Crippen LogP contribution in [0.2, 0.25) is 0 Å². The molecule has 0 saturated carbocycles. The first-order chi connectivity index (χ1) is 15.5. The molecule has 6 heteroatoms. The third-order valence-corrected chi connectivity index (χ3v) is 6.62. The molecule has 0 bridgehead atoms. The SMILES string of the molecule is O=C(CCN1C(=O)[C@H]2CC=CC[C@@H]2C1=O)OCC(=O)c1ccc2c(c1)-c1ccccc1C2. The summed E-state index contributed by atoms with van der Waals surface area (Å²) in [6.45, 7) is -0.371. The van der Waals surface area contributed by atoms with E-state index in [4.69, 9.17) is 4.74 Å². The third kappa shape index (κ3) is 3.55. The summed E-state index contributed by atoms with van der Waals surface area (Å²) in [4.78, 5) is 50.9. The molecule has 2 aromatic carbocycles. The van der Waals surface area contributed by atoms with Crippen molar-refractivity contribution in [1.29, 1.82) is 0 Å². The average Bonchev–Trinajstić information content (AvgIpc) is 3.31. The number of carbonyl (C=O) groups is 4. The van der Waals surface area contributed by atoms with E-state index >= 15 is 0 Å². The van der Waals surface area contributed by atoms with Gasteiger partial charge in [0.2, 0.25) is 11.8 Å². The van der Waals surface area contributed by atoms with Gasteiger partial charge in [0.1, 0.15) is 0 Å². The van der Waals surface area contributed by atoms with Gasteiger partial charge in [-0.2, -0.15) is 0 Å². The molecule has 0 radical (unpaired) electrons. The molecule has 1 aliphatic heterocycles. The molecule has 2 aromatic rings. The average molecular weight is 429 g/mol. The number of benzene rings is 2. The standard InChI is InChI=1S/C26H23NO5/c28-23(18-10-9-17-13-16-5-1-2-6-19(16)22(17)14-18)15-32-24(29)11-12-27-25(30)20-7-3-4-8-21(20)26(27)31/h1-6,9-10,14,20-21H,7-8,11-13,15H2/t20-,21-/m0/s1. The molecule has 0 spiro atoms. The highest BCUT2D eigenvalue weighted by molar-refractivity contribution is 6.05. The first-order valence-corrected chi connectivity index (χ1v) is 10.9. The largest absolute Gasteiger partial charge is 0.457 e. The molecule has 2 aliphatic carbocycles. The molecule has 0 N–H and O–H groups in total. The van der Waals surface area contributed by atoms with Gasteiger partial charge in [0.15, 0.2) is 12.4 Å². The number of allylic oxidation sites excluding steroid dienone is 2. The van der Waals surface area contributed by atoms with Crippen LogP contribution in [0.4, 0.5) is 0 Å². The summed E-state index contributed by atoms with van der Waals surface area (Å²) in [6.07, 6.45) is 5.71. The second-order valence-corrected chi connectivity index (χ2v) is 8.52. The molecule has 1 saturated heterocycles. The van der Waals surface area contributed by atoms with Crippen LogP contribution < -0.4 is 0 Å². The zero-order valence-electron chi connectivity index (χ0n) is 17.6. The van der Waals surface area contributed by atoms with E-state index in [1.165, 1.54) is 16.0 Å². The van der Waals surface area contributed by atoms with Crippen molar-refractivity contribution in [2.45, 2.75) is 25.7 Å². The second-order valence-electron chi connectivity index (χ2n) is 8.52. The molecule has 6 nitrogen and oxygen atoms in total. The Balaban J connectivity index is 1.16. The van der Waals surface area contributed by atoms with E-state index in [0.717, 1.165) is 17.5 Å². The number of amides is 2. The lowest BCUT2D eigenvalue weighted by atomic mass is 9.85. The molecule has 162 valence electrons. The van der Waals surface area contributed by atoms with Crippen molar-refractivity contribution in [2.24, 2.45) is 11.8 Å². The van der Waals surface area contributed by atoms with Crippen LogP contribution in [-0.2, 0) is 25.5 Å². The minimum absolute atomic E-state index is 0.00663. The number of fused-ring (bicyclic) bond motifs is 4. The maximum absolute atomic E-state index is 12.6. The first-order valence-electron chi connectivity index (χ1n) is 10.9. The second kappa shape index (κ2) is 8.19. The van der Waals surface area contributed by atoms with Gasteiger partial charge in [-0.15, -0.1) is 0 Å².